The van der Waals surface area contributed by atoms with Gasteiger partial charge in [-0.25, -0.2) is 22.8 Å². The van der Waals surface area contributed by atoms with Crippen molar-refractivity contribution in [3.63, 3.8) is 0 Å². The Morgan fingerprint density at radius 3 is 1.37 bits per heavy atom. The van der Waals surface area contributed by atoms with Gasteiger partial charge in [0.15, 0.2) is 31.0 Å². The normalized spacial score (nSPS) is 28.3. The van der Waals surface area contributed by atoms with Crippen LogP contribution in [0.25, 0.3) is 56.3 Å². The molecule has 4 saturated carbocycles. The van der Waals surface area contributed by atoms with Gasteiger partial charge in [-0.3, -0.25) is 0 Å². The van der Waals surface area contributed by atoms with E-state index < -0.39 is 57.4 Å². The van der Waals surface area contributed by atoms with Crippen LogP contribution in [0.1, 0.15) is 242 Å². The van der Waals surface area contributed by atoms with Gasteiger partial charge < -0.3 is 0 Å². The summed E-state index contributed by atoms with van der Waals surface area (Å²) in [5, 5.41) is 0. The van der Waals surface area contributed by atoms with E-state index >= 15 is 0 Å². The molecular formula is C93H108N5+5. The Balaban J connectivity index is 0.000000114. The summed E-state index contributed by atoms with van der Waals surface area (Å²) in [6.07, 6.45) is 16.7. The molecule has 5 aromatic carbocycles. The second kappa shape index (κ2) is 26.5. The molecule has 0 aliphatic heterocycles. The van der Waals surface area contributed by atoms with Crippen molar-refractivity contribution < 1.29 is 47.5 Å². The third-order valence-corrected chi connectivity index (χ3v) is 23.1. The Labute approximate surface area is 612 Å². The van der Waals surface area contributed by atoms with E-state index in [9.17, 15) is 0 Å². The van der Waals surface area contributed by atoms with Crippen molar-refractivity contribution in [2.45, 2.75) is 201 Å². The number of benzene rings is 5. The zero-order chi connectivity index (χ0) is 83.8. The molecule has 5 aromatic heterocycles. The average Bonchev–Trinajstić information content (AvgIpc) is 0.884. The first-order valence-corrected chi connectivity index (χ1v) is 35.7. The molecule has 11 aliphatic carbocycles. The van der Waals surface area contributed by atoms with Crippen LogP contribution >= 0.6 is 0 Å². The number of aryl methyl sites for hydroxylation is 16. The molecule has 4 unspecified atom stereocenters. The smallest absolute Gasteiger partial charge is 0.201 e. The Morgan fingerprint density at radius 1 is 0.357 bits per heavy atom. The fraction of sp³-hybridized carbons (Fsp3) is 0.409. The molecule has 11 aliphatic rings. The van der Waals surface area contributed by atoms with E-state index in [4.69, 9.17) is 24.7 Å². The van der Waals surface area contributed by atoms with Crippen molar-refractivity contribution >= 4 is 0 Å². The predicted molar refractivity (Wildman–Crippen MR) is 402 cm³/mol. The Morgan fingerprint density at radius 2 is 0.816 bits per heavy atom. The van der Waals surface area contributed by atoms with E-state index in [0.717, 1.165) is 92.4 Å². The van der Waals surface area contributed by atoms with Gasteiger partial charge in [-0.05, 0) is 298 Å². The number of pyridine rings is 5. The minimum atomic E-state index is -2.20. The van der Waals surface area contributed by atoms with Crippen molar-refractivity contribution in [3.05, 3.63) is 264 Å². The molecule has 0 radical (unpaired) electrons. The van der Waals surface area contributed by atoms with Crippen LogP contribution < -0.4 is 22.8 Å². The van der Waals surface area contributed by atoms with Gasteiger partial charge in [0.05, 0.1) is 0 Å². The summed E-state index contributed by atoms with van der Waals surface area (Å²) >= 11 is 0. The second-order valence-corrected chi connectivity index (χ2v) is 30.1. The van der Waals surface area contributed by atoms with E-state index in [1.165, 1.54) is 89.4 Å². The van der Waals surface area contributed by atoms with Gasteiger partial charge in [-0.15, -0.1) is 0 Å². The van der Waals surface area contributed by atoms with Crippen LogP contribution in [-0.2, 0) is 60.8 Å². The van der Waals surface area contributed by atoms with Crippen molar-refractivity contribution in [2.24, 2.45) is 47.1 Å². The maximum Gasteiger partial charge on any atom is 0.216 e. The summed E-state index contributed by atoms with van der Waals surface area (Å²) < 4.78 is 155. The molecule has 500 valence electrons. The molecular weight excluding hydrogens is 1190 g/mol. The van der Waals surface area contributed by atoms with Gasteiger partial charge >= 0.3 is 0 Å². The molecule has 98 heavy (non-hydrogen) atoms. The Bertz CT molecular complexity index is 5590. The van der Waals surface area contributed by atoms with E-state index in [1.54, 1.807) is 89.5 Å². The number of hydrogen-bond donors (Lipinski definition) is 0. The molecule has 0 amide bonds. The highest BCUT2D eigenvalue weighted by atomic mass is 14.9. The minimum absolute atomic E-state index is 0.0707. The number of fused-ring (bicyclic) bond motifs is 11. The summed E-state index contributed by atoms with van der Waals surface area (Å²) in [5.74, 6) is 1.46. The molecule has 10 aromatic rings. The third kappa shape index (κ3) is 12.5. The number of rotatable bonds is 5. The standard InChI is InChI=1S/4C19H22N.C17H20N/c2*1-12-4-7-16(13(2)8-12)19-10-17-14-5-6-15(9-14)18(17)11-20(19)3;2*1-12-4-5-17(13(2)6-12)19-10-18-15-7-14(8-15)9-16(18)11-20(19)3;1-12-7-8-15(13(2)11-12)17-16-6-4-5-14(16)9-10-18(17)3/h2*4,7-8,10-11,14-15H,5-6,9H2,1-3H3;2*4-6,10-11,14-15H,7-9H2,1-3H3;7-11H,4-6H2,1-3H3/q5*+1/i1D3,14D,15D;;1D3,9D2,15D;;1D3,5D2,6D2. The second-order valence-electron chi connectivity index (χ2n) is 30.1. The van der Waals surface area contributed by atoms with Gasteiger partial charge in [0.2, 0.25) is 28.5 Å². The van der Waals surface area contributed by atoms with E-state index in [0.29, 0.717) is 58.3 Å². The van der Waals surface area contributed by atoms with Gasteiger partial charge in [-0.2, -0.15) is 0 Å². The summed E-state index contributed by atoms with van der Waals surface area (Å²) in [6.45, 7) is 7.94. The van der Waals surface area contributed by atoms with Crippen molar-refractivity contribution in [1.29, 1.82) is 0 Å². The fourth-order valence-electron chi connectivity index (χ4n) is 17.8. The lowest BCUT2D eigenvalue weighted by Crippen LogP contribution is -2.37. The molecule has 5 nitrogen and oxygen atoms in total. The lowest BCUT2D eigenvalue weighted by atomic mass is 9.63. The van der Waals surface area contributed by atoms with Crippen molar-refractivity contribution in [3.8, 4) is 56.3 Å². The fourth-order valence-corrected chi connectivity index (χ4v) is 17.8. The lowest BCUT2D eigenvalue weighted by molar-refractivity contribution is -0.661. The van der Waals surface area contributed by atoms with Crippen molar-refractivity contribution in [1.82, 2.24) is 0 Å². The lowest BCUT2D eigenvalue weighted by Gasteiger charge is -2.41. The quantitative estimate of drug-likeness (QED) is 0.153. The van der Waals surface area contributed by atoms with Crippen LogP contribution in [0, 0.1) is 80.9 Å². The highest BCUT2D eigenvalue weighted by molar-refractivity contribution is 5.69. The first-order chi connectivity index (χ1) is 54.1. The van der Waals surface area contributed by atoms with Gasteiger partial charge in [0, 0.05) is 111 Å². The molecule has 0 N–H and O–H groups in total. The minimum Gasteiger partial charge on any atom is -0.201 e. The Hall–Kier alpha value is -8.15. The largest absolute Gasteiger partial charge is 0.216 e. The molecule has 5 heteroatoms. The molecule has 8 bridgehead atoms. The maximum absolute atomic E-state index is 8.77. The predicted octanol–water partition coefficient (Wildman–Crippen LogP) is 19.3. The van der Waals surface area contributed by atoms with E-state index in [2.05, 4.69) is 118 Å². The van der Waals surface area contributed by atoms with E-state index in [1.807, 2.05) is 67.7 Å². The summed E-state index contributed by atoms with van der Waals surface area (Å²) in [4.78, 5) is 0. The van der Waals surface area contributed by atoms with E-state index in [-0.39, 0.29) is 17.9 Å². The molecule has 21 rings (SSSR count). The SMILES string of the molecule is Cc1ccc(-c2cc3c(c[n+]2C)C2CCC3C2)c(C)c1.Cc1ccc(-c2cc3c(c[n+]2C)CC2CC3C2)c(C)c1.[2H]C([2H])([2H])c1ccc(-c2c3c(cc[n+]2C)C([2H])([2H])CC3([2H])[2H])c(C)c1.[2H]C([2H])([2H])c1ccc(-c2cc3c(c[n+]2C)C([2H])([2H])C2CC3([2H])C2)c(C)c1.[2H]C([2H])([2H])c1ccc(-c2cc3c(c[n+]2C)C2([2H])CCC3([2H])C2)c(C)c1. The first kappa shape index (κ1) is 47.8. The summed E-state index contributed by atoms with van der Waals surface area (Å²) in [7, 11) is 10.0. The van der Waals surface area contributed by atoms with Crippen molar-refractivity contribution in [2.75, 3.05) is 0 Å². The highest BCUT2D eigenvalue weighted by Crippen LogP contribution is 2.55. The zero-order valence-electron chi connectivity index (χ0n) is 77.5. The van der Waals surface area contributed by atoms with Crippen LogP contribution in [-0.4, -0.2) is 0 Å². The molecule has 0 spiro atoms. The number of hydrogen-bond acceptors (Lipinski definition) is 0. The topological polar surface area (TPSA) is 19.4 Å². The van der Waals surface area contributed by atoms with Crippen LogP contribution in [0.4, 0.5) is 0 Å². The monoisotopic (exact) mass is 1310 g/mol. The van der Waals surface area contributed by atoms with Crippen LogP contribution in [0.2, 0.25) is 0 Å². The van der Waals surface area contributed by atoms with Crippen LogP contribution in [0.15, 0.2) is 152 Å². The highest BCUT2D eigenvalue weighted by Gasteiger charge is 2.43. The van der Waals surface area contributed by atoms with Crippen LogP contribution in [0.5, 0.6) is 0 Å². The molecule has 4 fully saturated rings. The zero-order valence-corrected chi connectivity index (χ0v) is 59.5. The first-order valence-electron chi connectivity index (χ1n) is 44.7. The van der Waals surface area contributed by atoms with Crippen LogP contribution in [0.3, 0.4) is 0 Å². The molecule has 4 atom stereocenters. The number of nitrogens with zero attached hydrogens (tertiary/aromatic N) is 5. The van der Waals surface area contributed by atoms with Gasteiger partial charge in [-0.1, -0.05) is 88.5 Å². The Kier molecular flexibility index (Phi) is 12.9. The summed E-state index contributed by atoms with van der Waals surface area (Å²) in [6, 6.07) is 39.3. The third-order valence-electron chi connectivity index (χ3n) is 23.1. The molecule has 0 saturated heterocycles. The average molecular weight is 1310 g/mol. The van der Waals surface area contributed by atoms with Gasteiger partial charge in [0.25, 0.3) is 0 Å². The van der Waals surface area contributed by atoms with Gasteiger partial charge in [0.1, 0.15) is 35.2 Å². The molecule has 5 heterocycles. The maximum atomic E-state index is 8.77. The summed E-state index contributed by atoms with van der Waals surface area (Å²) in [5.41, 5.74) is 29.9. The number of aromatic nitrogens is 5.